The van der Waals surface area contributed by atoms with E-state index >= 15 is 0 Å². The molecule has 1 saturated heterocycles. The zero-order chi connectivity index (χ0) is 13.1. The second kappa shape index (κ2) is 5.52. The molecule has 1 fully saturated rings. The number of carbonyl (C=O) groups is 1. The lowest BCUT2D eigenvalue weighted by Crippen LogP contribution is -2.33. The Morgan fingerprint density at radius 3 is 2.79 bits per heavy atom. The van der Waals surface area contributed by atoms with Crippen LogP contribution >= 0.6 is 0 Å². The smallest absolute Gasteiger partial charge is 0.273 e. The predicted octanol–water partition coefficient (Wildman–Crippen LogP) is 0.651. The highest BCUT2D eigenvalue weighted by molar-refractivity contribution is 5.92. The third kappa shape index (κ3) is 2.84. The van der Waals surface area contributed by atoms with Crippen molar-refractivity contribution in [2.45, 2.75) is 37.8 Å². The minimum absolute atomic E-state index is 0.117. The van der Waals surface area contributed by atoms with Crippen molar-refractivity contribution in [2.24, 2.45) is 0 Å². The number of amides is 1. The molecule has 1 aromatic rings. The molecule has 0 saturated carbocycles. The van der Waals surface area contributed by atoms with E-state index in [1.165, 1.54) is 0 Å². The molecule has 1 aliphatic heterocycles. The first kappa shape index (κ1) is 12.3. The topological polar surface area (TPSA) is 71.8 Å². The summed E-state index contributed by atoms with van der Waals surface area (Å²) in [6.07, 6.45) is 9.86. The standard InChI is InChI=1S/C13H19N5O/c19-13(15-10-3-1-2-4-10)12-9-18(17-16-12)11-5-7-14-8-6-11/h1-2,9-11,14H,3-8H2,(H,15,19). The lowest BCUT2D eigenvalue weighted by Gasteiger charge is -2.22. The van der Waals surface area contributed by atoms with Gasteiger partial charge in [0.05, 0.1) is 12.2 Å². The van der Waals surface area contributed by atoms with E-state index in [4.69, 9.17) is 0 Å². The molecule has 0 bridgehead atoms. The average Bonchev–Trinajstić information content (AvgIpc) is 3.10. The minimum atomic E-state index is -0.117. The first-order chi connectivity index (χ1) is 9.33. The summed E-state index contributed by atoms with van der Waals surface area (Å²) >= 11 is 0. The molecule has 6 nitrogen and oxygen atoms in total. The van der Waals surface area contributed by atoms with Gasteiger partial charge in [0.2, 0.25) is 0 Å². The van der Waals surface area contributed by atoms with Gasteiger partial charge in [0.15, 0.2) is 5.69 Å². The molecule has 2 N–H and O–H groups in total. The first-order valence-corrected chi connectivity index (χ1v) is 6.91. The van der Waals surface area contributed by atoms with Crippen LogP contribution in [0, 0.1) is 0 Å². The molecule has 1 aliphatic carbocycles. The Bertz CT molecular complexity index is 467. The number of rotatable bonds is 3. The van der Waals surface area contributed by atoms with Crippen LogP contribution in [0.2, 0.25) is 0 Å². The molecule has 3 rings (SSSR count). The number of nitrogens with zero attached hydrogens (tertiary/aromatic N) is 3. The molecule has 0 aromatic carbocycles. The summed E-state index contributed by atoms with van der Waals surface area (Å²) < 4.78 is 1.84. The van der Waals surface area contributed by atoms with Gasteiger partial charge < -0.3 is 10.6 Å². The second-order valence-electron chi connectivity index (χ2n) is 5.18. The van der Waals surface area contributed by atoms with Crippen LogP contribution in [0.5, 0.6) is 0 Å². The normalized spacial score (nSPS) is 20.8. The quantitative estimate of drug-likeness (QED) is 0.784. The molecule has 2 aliphatic rings. The van der Waals surface area contributed by atoms with Crippen molar-refractivity contribution < 1.29 is 4.79 Å². The maximum atomic E-state index is 12.0. The van der Waals surface area contributed by atoms with E-state index in [1.54, 1.807) is 6.20 Å². The van der Waals surface area contributed by atoms with Crippen molar-refractivity contribution in [1.29, 1.82) is 0 Å². The summed E-state index contributed by atoms with van der Waals surface area (Å²) in [5.41, 5.74) is 0.422. The third-order valence-electron chi connectivity index (χ3n) is 3.77. The third-order valence-corrected chi connectivity index (χ3v) is 3.77. The zero-order valence-corrected chi connectivity index (χ0v) is 10.9. The van der Waals surface area contributed by atoms with Crippen LogP contribution in [0.25, 0.3) is 0 Å². The fraction of sp³-hybridized carbons (Fsp3) is 0.615. The molecule has 1 amide bonds. The Morgan fingerprint density at radius 1 is 1.32 bits per heavy atom. The highest BCUT2D eigenvalue weighted by atomic mass is 16.2. The van der Waals surface area contributed by atoms with Crippen LogP contribution < -0.4 is 10.6 Å². The molecule has 6 heteroatoms. The second-order valence-corrected chi connectivity index (χ2v) is 5.18. The Labute approximate surface area is 112 Å². The van der Waals surface area contributed by atoms with Gasteiger partial charge in [-0.3, -0.25) is 4.79 Å². The van der Waals surface area contributed by atoms with Crippen molar-refractivity contribution in [3.05, 3.63) is 24.0 Å². The maximum absolute atomic E-state index is 12.0. The van der Waals surface area contributed by atoms with Crippen LogP contribution in [-0.2, 0) is 0 Å². The largest absolute Gasteiger partial charge is 0.347 e. The first-order valence-electron chi connectivity index (χ1n) is 6.91. The molecule has 0 unspecified atom stereocenters. The molecule has 102 valence electrons. The summed E-state index contributed by atoms with van der Waals surface area (Å²) in [6, 6.07) is 0.583. The van der Waals surface area contributed by atoms with Crippen molar-refractivity contribution in [3.63, 3.8) is 0 Å². The Balaban J connectivity index is 1.61. The van der Waals surface area contributed by atoms with Gasteiger partial charge in [0.25, 0.3) is 5.91 Å². The van der Waals surface area contributed by atoms with E-state index in [2.05, 4.69) is 33.1 Å². The molecule has 19 heavy (non-hydrogen) atoms. The van der Waals surface area contributed by atoms with Gasteiger partial charge in [-0.05, 0) is 38.8 Å². The van der Waals surface area contributed by atoms with Gasteiger partial charge in [0.1, 0.15) is 0 Å². The highest BCUT2D eigenvalue weighted by Gasteiger charge is 2.20. The Morgan fingerprint density at radius 2 is 2.05 bits per heavy atom. The predicted molar refractivity (Wildman–Crippen MR) is 70.8 cm³/mol. The molecule has 2 heterocycles. The number of hydrogen-bond acceptors (Lipinski definition) is 4. The fourth-order valence-electron chi connectivity index (χ4n) is 2.62. The van der Waals surface area contributed by atoms with E-state index in [-0.39, 0.29) is 11.9 Å². The number of aromatic nitrogens is 3. The van der Waals surface area contributed by atoms with Crippen LogP contribution in [0.15, 0.2) is 18.3 Å². The van der Waals surface area contributed by atoms with Crippen LogP contribution in [0.3, 0.4) is 0 Å². The molecule has 0 atom stereocenters. The lowest BCUT2D eigenvalue weighted by molar-refractivity contribution is 0.0934. The van der Waals surface area contributed by atoms with Gasteiger partial charge in [-0.2, -0.15) is 0 Å². The summed E-state index contributed by atoms with van der Waals surface area (Å²) in [4.78, 5) is 12.0. The maximum Gasteiger partial charge on any atom is 0.273 e. The van der Waals surface area contributed by atoms with Gasteiger partial charge >= 0.3 is 0 Å². The summed E-state index contributed by atoms with van der Waals surface area (Å²) in [6.45, 7) is 2.00. The number of hydrogen-bond donors (Lipinski definition) is 2. The van der Waals surface area contributed by atoms with Crippen molar-refractivity contribution in [1.82, 2.24) is 25.6 Å². The van der Waals surface area contributed by atoms with Crippen LogP contribution in [-0.4, -0.2) is 40.0 Å². The average molecular weight is 261 g/mol. The fourth-order valence-corrected chi connectivity index (χ4v) is 2.62. The van der Waals surface area contributed by atoms with Gasteiger partial charge in [-0.1, -0.05) is 17.4 Å². The lowest BCUT2D eigenvalue weighted by atomic mass is 10.1. The number of piperidine rings is 1. The monoisotopic (exact) mass is 261 g/mol. The zero-order valence-electron chi connectivity index (χ0n) is 10.9. The summed E-state index contributed by atoms with van der Waals surface area (Å²) in [7, 11) is 0. The molecule has 0 spiro atoms. The van der Waals surface area contributed by atoms with E-state index in [1.807, 2.05) is 4.68 Å². The Kier molecular flexibility index (Phi) is 3.59. The van der Waals surface area contributed by atoms with E-state index in [9.17, 15) is 4.79 Å². The van der Waals surface area contributed by atoms with Gasteiger partial charge in [-0.15, -0.1) is 5.10 Å². The van der Waals surface area contributed by atoms with Crippen molar-refractivity contribution >= 4 is 5.91 Å². The number of carbonyl (C=O) groups excluding carboxylic acids is 1. The Hall–Kier alpha value is -1.69. The SMILES string of the molecule is O=C(NC1CC=CC1)c1cn(C2CCNCC2)nn1. The minimum Gasteiger partial charge on any atom is -0.347 e. The van der Waals surface area contributed by atoms with Crippen LogP contribution in [0.4, 0.5) is 0 Å². The molecular formula is C13H19N5O. The van der Waals surface area contributed by atoms with Gasteiger partial charge in [-0.25, -0.2) is 4.68 Å². The van der Waals surface area contributed by atoms with E-state index in [0.29, 0.717) is 11.7 Å². The van der Waals surface area contributed by atoms with E-state index in [0.717, 1.165) is 38.8 Å². The summed E-state index contributed by atoms with van der Waals surface area (Å²) in [5, 5.41) is 14.4. The molecule has 0 radical (unpaired) electrons. The van der Waals surface area contributed by atoms with Gasteiger partial charge in [0, 0.05) is 6.04 Å². The molecule has 1 aromatic heterocycles. The van der Waals surface area contributed by atoms with Crippen molar-refractivity contribution in [3.8, 4) is 0 Å². The highest BCUT2D eigenvalue weighted by Crippen LogP contribution is 2.17. The number of nitrogens with one attached hydrogen (secondary N) is 2. The van der Waals surface area contributed by atoms with Crippen molar-refractivity contribution in [2.75, 3.05) is 13.1 Å². The summed E-state index contributed by atoms with van der Waals surface area (Å²) in [5.74, 6) is -0.117. The van der Waals surface area contributed by atoms with E-state index < -0.39 is 0 Å². The molecular weight excluding hydrogens is 242 g/mol. The van der Waals surface area contributed by atoms with Crippen LogP contribution in [0.1, 0.15) is 42.2 Å².